The molecule has 0 aliphatic rings. The van der Waals surface area contributed by atoms with Gasteiger partial charge in [0.2, 0.25) is 5.91 Å². The van der Waals surface area contributed by atoms with Crippen molar-refractivity contribution in [2.75, 3.05) is 0 Å². The third kappa shape index (κ3) is 22.2. The number of carbonyl (C=O) groups is 7. The number of rotatable bonds is 30. The largest absolute Gasteiger partial charge is 0.481 e. The molecule has 9 atom stereocenters. The van der Waals surface area contributed by atoms with E-state index in [1.165, 1.54) is 6.92 Å². The summed E-state index contributed by atoms with van der Waals surface area (Å²) in [4.78, 5) is 82.9. The van der Waals surface area contributed by atoms with Gasteiger partial charge in [0.25, 0.3) is 0 Å². The van der Waals surface area contributed by atoms with Gasteiger partial charge in [0.1, 0.15) is 12.2 Å². The first-order valence-corrected chi connectivity index (χ1v) is 18.2. The molecule has 16 nitrogen and oxygen atoms in total. The lowest BCUT2D eigenvalue weighted by Crippen LogP contribution is -2.42. The summed E-state index contributed by atoms with van der Waals surface area (Å²) in [5, 5.41) is 60.2. The predicted molar refractivity (Wildman–Crippen MR) is 186 cm³/mol. The fraction of sp³-hybridized carbons (Fsp3) is 0.806. The monoisotopic (exact) mass is 747 g/mol. The van der Waals surface area contributed by atoms with Gasteiger partial charge < -0.3 is 45.4 Å². The van der Waals surface area contributed by atoms with Crippen molar-refractivity contribution in [1.29, 1.82) is 0 Å². The topological polar surface area (TPSA) is 271 Å². The number of aliphatic hydroxyl groups is 2. The molecular formula is C36H61NO15. The summed E-state index contributed by atoms with van der Waals surface area (Å²) >= 11 is 0. The zero-order chi connectivity index (χ0) is 40.0. The summed E-state index contributed by atoms with van der Waals surface area (Å²) in [5.41, 5.74) is 0. The molecule has 7 N–H and O–H groups in total. The molecule has 0 spiro atoms. The third-order valence-corrected chi connectivity index (χ3v) is 9.00. The number of amides is 1. The van der Waals surface area contributed by atoms with Crippen molar-refractivity contribution < 1.29 is 73.7 Å². The molecule has 52 heavy (non-hydrogen) atoms. The average molecular weight is 748 g/mol. The molecular weight excluding hydrogens is 686 g/mol. The maximum absolute atomic E-state index is 13.1. The third-order valence-electron chi connectivity index (χ3n) is 9.00. The highest BCUT2D eigenvalue weighted by Gasteiger charge is 2.37. The highest BCUT2D eigenvalue weighted by molar-refractivity contribution is 5.84. The van der Waals surface area contributed by atoms with E-state index in [2.05, 4.69) is 5.32 Å². The summed E-state index contributed by atoms with van der Waals surface area (Å²) in [6, 6.07) is -0.489. The number of carboxylic acid groups (broad SMARTS) is 4. The Labute approximate surface area is 305 Å². The van der Waals surface area contributed by atoms with E-state index in [1.807, 2.05) is 13.8 Å². The first-order valence-electron chi connectivity index (χ1n) is 18.2. The van der Waals surface area contributed by atoms with E-state index in [-0.39, 0.29) is 24.7 Å². The quantitative estimate of drug-likeness (QED) is 0.0407. The van der Waals surface area contributed by atoms with Crippen LogP contribution in [0.1, 0.15) is 131 Å². The average Bonchev–Trinajstić information content (AvgIpc) is 3.02. The number of hydrogen-bond acceptors (Lipinski definition) is 11. The lowest BCUT2D eigenvalue weighted by Gasteiger charge is -2.33. The molecule has 0 heterocycles. The van der Waals surface area contributed by atoms with Crippen LogP contribution in [0, 0.1) is 23.7 Å². The van der Waals surface area contributed by atoms with Crippen LogP contribution in [0.15, 0.2) is 0 Å². The standard InChI is InChI=1S/C36H61NO15/c1-6-7-13-22(3)34(52-33(46)19-26(36(49)50)17-31(43)44)29(51-32(45)18-25(35(47)48)16-30(41)42)15-21(2)12-10-8-9-11-14-27(39)20-28(40)23(4)37-24(5)38/h21-23,25-29,34,39-40H,6-20H2,1-5H3,(H,37,38)(H,41,42)(H,43,44)(H,47,48)(H,49,50)/t21-,22-,23+,25+,26+,27-,28-,29+,34+/m0/s1. The number of unbranched alkanes of at least 4 members (excludes halogenated alkanes) is 4. The van der Waals surface area contributed by atoms with Crippen molar-refractivity contribution in [1.82, 2.24) is 5.32 Å². The number of aliphatic carboxylic acids is 4. The first kappa shape index (κ1) is 48.2. The molecule has 0 saturated heterocycles. The summed E-state index contributed by atoms with van der Waals surface area (Å²) in [6.07, 6.45) is -0.416. The van der Waals surface area contributed by atoms with E-state index in [1.54, 1.807) is 13.8 Å². The molecule has 0 saturated carbocycles. The van der Waals surface area contributed by atoms with Gasteiger partial charge in [0, 0.05) is 13.3 Å². The highest BCUT2D eigenvalue weighted by atomic mass is 16.6. The molecule has 0 fully saturated rings. The second kappa shape index (κ2) is 26.0. The van der Waals surface area contributed by atoms with Gasteiger partial charge in [-0.25, -0.2) is 0 Å². The van der Waals surface area contributed by atoms with Crippen molar-refractivity contribution in [3.8, 4) is 0 Å². The Morgan fingerprint density at radius 2 is 1.13 bits per heavy atom. The number of nitrogens with one attached hydrogen (secondary N) is 1. The SMILES string of the molecule is CCCC[C@H](C)[C@@H](OC(=O)C[C@@H](CC(=O)O)C(=O)O)[C@@H](C[C@@H](C)CCCCCC[C@H](O)C[C@H](O)[C@@H](C)NC(C)=O)OC(=O)C[C@@H](CC(=O)O)C(=O)O. The van der Waals surface area contributed by atoms with E-state index in [4.69, 9.17) is 19.7 Å². The van der Waals surface area contributed by atoms with Gasteiger partial charge in [-0.2, -0.15) is 0 Å². The van der Waals surface area contributed by atoms with Crippen molar-refractivity contribution >= 4 is 41.7 Å². The fourth-order valence-corrected chi connectivity index (χ4v) is 5.99. The minimum atomic E-state index is -1.56. The minimum Gasteiger partial charge on any atom is -0.481 e. The molecule has 0 aromatic rings. The molecule has 1 amide bonds. The molecule has 0 aromatic carbocycles. The van der Waals surface area contributed by atoms with Crippen molar-refractivity contribution in [3.63, 3.8) is 0 Å². The Bertz CT molecular complexity index is 1140. The summed E-state index contributed by atoms with van der Waals surface area (Å²) in [7, 11) is 0. The van der Waals surface area contributed by atoms with E-state index >= 15 is 0 Å². The van der Waals surface area contributed by atoms with Crippen LogP contribution in [0.2, 0.25) is 0 Å². The molecule has 16 heteroatoms. The van der Waals surface area contributed by atoms with Crippen LogP contribution in [0.25, 0.3) is 0 Å². The fourth-order valence-electron chi connectivity index (χ4n) is 5.99. The van der Waals surface area contributed by atoms with Crippen LogP contribution in [0.3, 0.4) is 0 Å². The number of hydrogen-bond donors (Lipinski definition) is 7. The van der Waals surface area contributed by atoms with Gasteiger partial charge in [0.15, 0.2) is 0 Å². The zero-order valence-corrected chi connectivity index (χ0v) is 31.2. The lowest BCUT2D eigenvalue weighted by molar-refractivity contribution is -0.177. The minimum absolute atomic E-state index is 0.110. The Morgan fingerprint density at radius 1 is 0.635 bits per heavy atom. The van der Waals surface area contributed by atoms with Gasteiger partial charge in [-0.3, -0.25) is 33.6 Å². The number of carbonyl (C=O) groups excluding carboxylic acids is 3. The van der Waals surface area contributed by atoms with Gasteiger partial charge >= 0.3 is 35.8 Å². The number of carboxylic acids is 4. The van der Waals surface area contributed by atoms with Crippen LogP contribution in [-0.4, -0.2) is 103 Å². The second-order valence-corrected chi connectivity index (χ2v) is 14.1. The second-order valence-electron chi connectivity index (χ2n) is 14.1. The van der Waals surface area contributed by atoms with Crippen LogP contribution in [-0.2, 0) is 43.0 Å². The van der Waals surface area contributed by atoms with Crippen LogP contribution >= 0.6 is 0 Å². The van der Waals surface area contributed by atoms with Crippen molar-refractivity contribution in [2.24, 2.45) is 23.7 Å². The number of aliphatic hydroxyl groups excluding tert-OH is 2. The smallest absolute Gasteiger partial charge is 0.307 e. The Balaban J connectivity index is 5.75. The number of ether oxygens (including phenoxy) is 2. The Hall–Kier alpha value is -3.79. The van der Waals surface area contributed by atoms with Crippen molar-refractivity contribution in [3.05, 3.63) is 0 Å². The predicted octanol–water partition coefficient (Wildman–Crippen LogP) is 3.77. The summed E-state index contributed by atoms with van der Waals surface area (Å²) < 4.78 is 11.5. The summed E-state index contributed by atoms with van der Waals surface area (Å²) in [6.45, 7) is 8.62. The molecule has 0 rings (SSSR count). The summed E-state index contributed by atoms with van der Waals surface area (Å²) in [5.74, 6) is -11.7. The molecule has 0 bridgehead atoms. The maximum Gasteiger partial charge on any atom is 0.307 e. The molecule has 0 unspecified atom stereocenters. The molecule has 0 aliphatic carbocycles. The van der Waals surface area contributed by atoms with Crippen molar-refractivity contribution in [2.45, 2.75) is 161 Å². The Kier molecular flexibility index (Phi) is 24.2. The van der Waals surface area contributed by atoms with E-state index in [0.29, 0.717) is 32.1 Å². The number of esters is 2. The van der Waals surface area contributed by atoms with Crippen LogP contribution < -0.4 is 5.32 Å². The van der Waals surface area contributed by atoms with Gasteiger partial charge in [0.05, 0.1) is 55.8 Å². The Morgan fingerprint density at radius 3 is 1.60 bits per heavy atom. The van der Waals surface area contributed by atoms with Crippen LogP contribution in [0.4, 0.5) is 0 Å². The van der Waals surface area contributed by atoms with Gasteiger partial charge in [-0.05, 0) is 38.0 Å². The molecule has 0 aromatic heterocycles. The lowest BCUT2D eigenvalue weighted by atomic mass is 9.87. The normalized spacial score (nSPS) is 16.5. The zero-order valence-electron chi connectivity index (χ0n) is 31.2. The molecule has 0 radical (unpaired) electrons. The van der Waals surface area contributed by atoms with Gasteiger partial charge in [-0.15, -0.1) is 0 Å². The molecule has 300 valence electrons. The van der Waals surface area contributed by atoms with Crippen LogP contribution in [0.5, 0.6) is 0 Å². The van der Waals surface area contributed by atoms with E-state index in [0.717, 1.165) is 25.7 Å². The van der Waals surface area contributed by atoms with E-state index < -0.39 is 110 Å². The molecule has 0 aliphatic heterocycles. The van der Waals surface area contributed by atoms with E-state index in [9.17, 15) is 54.0 Å². The highest BCUT2D eigenvalue weighted by Crippen LogP contribution is 2.29. The maximum atomic E-state index is 13.1. The first-order chi connectivity index (χ1) is 24.3. The van der Waals surface area contributed by atoms with Gasteiger partial charge in [-0.1, -0.05) is 65.7 Å².